The Hall–Kier alpha value is -2.94. The maximum Gasteiger partial charge on any atom is 0.261 e. The number of hydrogen-bond donors (Lipinski definition) is 2. The highest BCUT2D eigenvalue weighted by atomic mass is 32.2. The summed E-state index contributed by atoms with van der Waals surface area (Å²) in [4.78, 5) is 25.9. The third kappa shape index (κ3) is 4.73. The van der Waals surface area contributed by atoms with Crippen LogP contribution in [-0.2, 0) is 14.8 Å². The number of carbonyl (C=O) groups is 2. The molecule has 0 saturated carbocycles. The van der Waals surface area contributed by atoms with Gasteiger partial charge in [0.1, 0.15) is 5.82 Å². The molecule has 1 atom stereocenters. The van der Waals surface area contributed by atoms with E-state index in [0.717, 1.165) is 12.1 Å². The second kappa shape index (κ2) is 8.20. The molecule has 9 heteroatoms. The van der Waals surface area contributed by atoms with Gasteiger partial charge in [0.25, 0.3) is 15.9 Å². The van der Waals surface area contributed by atoms with Crippen molar-refractivity contribution in [2.45, 2.75) is 24.7 Å². The summed E-state index contributed by atoms with van der Waals surface area (Å²) in [5.41, 5.74) is 6.45. The fraction of sp³-hybridized carbons (Fsp3) is 0.300. The van der Waals surface area contributed by atoms with E-state index >= 15 is 0 Å². The van der Waals surface area contributed by atoms with Crippen molar-refractivity contribution in [1.29, 1.82) is 0 Å². The quantitative estimate of drug-likeness (QED) is 0.775. The van der Waals surface area contributed by atoms with Crippen molar-refractivity contribution >= 4 is 27.5 Å². The molecule has 1 fully saturated rings. The number of aryl methyl sites for hydroxylation is 1. The number of sulfonamides is 1. The summed E-state index contributed by atoms with van der Waals surface area (Å²) < 4.78 is 40.8. The number of piperidine rings is 1. The molecular weight excluding hydrogens is 397 g/mol. The zero-order chi connectivity index (χ0) is 21.2. The van der Waals surface area contributed by atoms with Crippen LogP contribution in [0.2, 0.25) is 0 Å². The van der Waals surface area contributed by atoms with Crippen LogP contribution >= 0.6 is 0 Å². The third-order valence-corrected chi connectivity index (χ3v) is 6.34. The predicted molar refractivity (Wildman–Crippen MR) is 106 cm³/mol. The second-order valence-corrected chi connectivity index (χ2v) is 8.76. The van der Waals surface area contributed by atoms with Gasteiger partial charge in [0.05, 0.1) is 10.8 Å². The van der Waals surface area contributed by atoms with E-state index in [0.29, 0.717) is 24.9 Å². The predicted octanol–water partition coefficient (Wildman–Crippen LogP) is 2.27. The SMILES string of the molecule is Cc1ccc(S(=O)(=O)Nc2ccc(F)cc2)cc1C(=O)N1CCC[C@@H](C(N)=O)C1. The molecule has 1 aliphatic heterocycles. The molecule has 0 spiro atoms. The number of amides is 2. The molecule has 2 aromatic rings. The smallest absolute Gasteiger partial charge is 0.261 e. The number of halogens is 1. The van der Waals surface area contributed by atoms with Crippen molar-refractivity contribution in [3.63, 3.8) is 0 Å². The summed E-state index contributed by atoms with van der Waals surface area (Å²) in [5, 5.41) is 0. The average molecular weight is 419 g/mol. The summed E-state index contributed by atoms with van der Waals surface area (Å²) in [6.07, 6.45) is 1.29. The van der Waals surface area contributed by atoms with E-state index in [1.54, 1.807) is 13.0 Å². The van der Waals surface area contributed by atoms with E-state index in [1.807, 2.05) is 0 Å². The van der Waals surface area contributed by atoms with Gasteiger partial charge in [0.15, 0.2) is 0 Å². The van der Waals surface area contributed by atoms with Crippen LogP contribution in [0.25, 0.3) is 0 Å². The molecule has 154 valence electrons. The molecule has 0 aromatic heterocycles. The van der Waals surface area contributed by atoms with Gasteiger partial charge >= 0.3 is 0 Å². The summed E-state index contributed by atoms with van der Waals surface area (Å²) >= 11 is 0. The third-order valence-electron chi connectivity index (χ3n) is 4.96. The molecule has 1 saturated heterocycles. The Balaban J connectivity index is 1.86. The molecule has 29 heavy (non-hydrogen) atoms. The second-order valence-electron chi connectivity index (χ2n) is 7.08. The number of rotatable bonds is 5. The van der Waals surface area contributed by atoms with Gasteiger partial charge in [-0.3, -0.25) is 14.3 Å². The Kier molecular flexibility index (Phi) is 5.88. The Morgan fingerprint density at radius 2 is 1.86 bits per heavy atom. The van der Waals surface area contributed by atoms with Gasteiger partial charge in [0.2, 0.25) is 5.91 Å². The zero-order valence-electron chi connectivity index (χ0n) is 15.9. The molecule has 1 heterocycles. The van der Waals surface area contributed by atoms with Crippen LogP contribution < -0.4 is 10.5 Å². The summed E-state index contributed by atoms with van der Waals surface area (Å²) in [7, 11) is -3.97. The van der Waals surface area contributed by atoms with Crippen molar-refractivity contribution in [2.75, 3.05) is 17.8 Å². The topological polar surface area (TPSA) is 110 Å². The first-order valence-electron chi connectivity index (χ1n) is 9.15. The van der Waals surface area contributed by atoms with Gasteiger partial charge in [-0.15, -0.1) is 0 Å². The highest BCUT2D eigenvalue weighted by Gasteiger charge is 2.29. The van der Waals surface area contributed by atoms with Crippen LogP contribution in [0.15, 0.2) is 47.4 Å². The molecule has 3 N–H and O–H groups in total. The van der Waals surface area contributed by atoms with Crippen LogP contribution in [0.1, 0.15) is 28.8 Å². The highest BCUT2D eigenvalue weighted by Crippen LogP contribution is 2.23. The molecule has 3 rings (SSSR count). The van der Waals surface area contributed by atoms with E-state index in [2.05, 4.69) is 4.72 Å². The van der Waals surface area contributed by atoms with Gasteiger partial charge in [-0.2, -0.15) is 0 Å². The molecule has 1 aliphatic rings. The number of hydrogen-bond acceptors (Lipinski definition) is 4. The van der Waals surface area contributed by atoms with E-state index in [4.69, 9.17) is 5.73 Å². The summed E-state index contributed by atoms with van der Waals surface area (Å²) in [5.74, 6) is -1.67. The van der Waals surface area contributed by atoms with Gasteiger partial charge in [-0.05, 0) is 61.7 Å². The Morgan fingerprint density at radius 1 is 1.17 bits per heavy atom. The van der Waals surface area contributed by atoms with Crippen molar-refractivity contribution in [3.05, 3.63) is 59.4 Å². The van der Waals surface area contributed by atoms with Crippen molar-refractivity contribution < 1.29 is 22.4 Å². The van der Waals surface area contributed by atoms with Crippen LogP contribution in [0.3, 0.4) is 0 Å². The fourth-order valence-corrected chi connectivity index (χ4v) is 4.38. The number of nitrogens with two attached hydrogens (primary N) is 1. The molecule has 0 unspecified atom stereocenters. The number of benzene rings is 2. The van der Waals surface area contributed by atoms with Crippen molar-refractivity contribution in [3.8, 4) is 0 Å². The van der Waals surface area contributed by atoms with E-state index < -0.39 is 27.7 Å². The van der Waals surface area contributed by atoms with Gasteiger partial charge < -0.3 is 10.6 Å². The van der Waals surface area contributed by atoms with E-state index in [-0.39, 0.29) is 28.6 Å². The molecular formula is C20H22FN3O4S. The molecule has 2 amide bonds. The lowest BCUT2D eigenvalue weighted by Crippen LogP contribution is -2.44. The van der Waals surface area contributed by atoms with E-state index in [1.165, 1.54) is 29.2 Å². The van der Waals surface area contributed by atoms with Crippen molar-refractivity contribution in [2.24, 2.45) is 11.7 Å². The van der Waals surface area contributed by atoms with Crippen LogP contribution in [0.5, 0.6) is 0 Å². The largest absolute Gasteiger partial charge is 0.369 e. The Morgan fingerprint density at radius 3 is 2.52 bits per heavy atom. The van der Waals surface area contributed by atoms with Crippen LogP contribution in [-0.4, -0.2) is 38.2 Å². The summed E-state index contributed by atoms with van der Waals surface area (Å²) in [6, 6.07) is 9.19. The standard InChI is InChI=1S/C20H22FN3O4S/c1-13-4-9-17(29(27,28)23-16-7-5-15(21)6-8-16)11-18(13)20(26)24-10-2-3-14(12-24)19(22)25/h4-9,11,14,23H,2-3,10,12H2,1H3,(H2,22,25)/t14-/m1/s1. The number of primary amides is 1. The fourth-order valence-electron chi connectivity index (χ4n) is 3.29. The van der Waals surface area contributed by atoms with E-state index in [9.17, 15) is 22.4 Å². The Labute approximate surface area is 168 Å². The maximum absolute atomic E-state index is 13.0. The zero-order valence-corrected chi connectivity index (χ0v) is 16.7. The Bertz CT molecular complexity index is 1040. The summed E-state index contributed by atoms with van der Waals surface area (Å²) in [6.45, 7) is 2.41. The average Bonchev–Trinajstić information content (AvgIpc) is 2.69. The lowest BCUT2D eigenvalue weighted by atomic mass is 9.96. The first-order chi connectivity index (χ1) is 13.7. The number of anilines is 1. The monoisotopic (exact) mass is 419 g/mol. The van der Waals surface area contributed by atoms with Crippen LogP contribution in [0, 0.1) is 18.7 Å². The number of likely N-dealkylation sites (tertiary alicyclic amines) is 1. The molecule has 7 nitrogen and oxygen atoms in total. The van der Waals surface area contributed by atoms with Crippen molar-refractivity contribution in [1.82, 2.24) is 4.90 Å². The molecule has 0 aliphatic carbocycles. The molecule has 0 radical (unpaired) electrons. The minimum absolute atomic E-state index is 0.0840. The number of nitrogens with one attached hydrogen (secondary N) is 1. The maximum atomic E-state index is 13.0. The minimum Gasteiger partial charge on any atom is -0.369 e. The first-order valence-corrected chi connectivity index (χ1v) is 10.6. The minimum atomic E-state index is -3.97. The highest BCUT2D eigenvalue weighted by molar-refractivity contribution is 7.92. The lowest BCUT2D eigenvalue weighted by Gasteiger charge is -2.31. The first kappa shape index (κ1) is 20.8. The number of nitrogens with zero attached hydrogens (tertiary/aromatic N) is 1. The molecule has 0 bridgehead atoms. The van der Waals surface area contributed by atoms with Crippen LogP contribution in [0.4, 0.5) is 10.1 Å². The van der Waals surface area contributed by atoms with Gasteiger partial charge in [-0.25, -0.2) is 12.8 Å². The number of carbonyl (C=O) groups excluding carboxylic acids is 2. The van der Waals surface area contributed by atoms with Gasteiger partial charge in [0, 0.05) is 24.3 Å². The molecule has 2 aromatic carbocycles. The van der Waals surface area contributed by atoms with Gasteiger partial charge in [-0.1, -0.05) is 6.07 Å². The lowest BCUT2D eigenvalue weighted by molar-refractivity contribution is -0.123. The normalized spacial score (nSPS) is 17.0.